The fraction of sp³-hybridized carbons (Fsp3) is 0.750. The molecule has 1 aliphatic rings. The largest absolute Gasteiger partial charge is 0.332 e. The number of likely N-dealkylation sites (tertiary alicyclic amines) is 1. The van der Waals surface area contributed by atoms with Gasteiger partial charge < -0.3 is 10.2 Å². The predicted molar refractivity (Wildman–Crippen MR) is 67.8 cm³/mol. The van der Waals surface area contributed by atoms with Gasteiger partial charge in [-0.15, -0.1) is 5.10 Å². The number of carbonyl (C=O) groups excluding carboxylic acids is 1. The van der Waals surface area contributed by atoms with Gasteiger partial charge in [0.05, 0.1) is 18.4 Å². The van der Waals surface area contributed by atoms with Gasteiger partial charge >= 0.3 is 6.03 Å². The van der Waals surface area contributed by atoms with Crippen molar-refractivity contribution in [3.05, 3.63) is 11.9 Å². The van der Waals surface area contributed by atoms with Crippen LogP contribution in [0.4, 0.5) is 4.79 Å². The topological polar surface area (TPSA) is 63.1 Å². The second-order valence-electron chi connectivity index (χ2n) is 5.74. The average molecular weight is 251 g/mol. The van der Waals surface area contributed by atoms with E-state index in [4.69, 9.17) is 0 Å². The van der Waals surface area contributed by atoms with Crippen molar-refractivity contribution in [1.29, 1.82) is 0 Å². The zero-order valence-corrected chi connectivity index (χ0v) is 11.5. The van der Waals surface area contributed by atoms with E-state index in [0.717, 1.165) is 18.7 Å². The van der Waals surface area contributed by atoms with Crippen molar-refractivity contribution in [2.45, 2.75) is 39.3 Å². The number of nitrogens with one attached hydrogen (secondary N) is 1. The third-order valence-corrected chi connectivity index (χ3v) is 3.55. The van der Waals surface area contributed by atoms with E-state index in [1.165, 1.54) is 0 Å². The molecule has 1 fully saturated rings. The summed E-state index contributed by atoms with van der Waals surface area (Å²) in [6.45, 7) is 7.69. The zero-order chi connectivity index (χ0) is 13.3. The molecular formula is C12H21N5O. The fourth-order valence-electron chi connectivity index (χ4n) is 2.68. The first kappa shape index (κ1) is 12.9. The van der Waals surface area contributed by atoms with Crippen molar-refractivity contribution >= 4 is 6.03 Å². The standard InChI is InChI=1S/C12H21N5O/c1-9-5-12(2,3)17(8-9)11(18)13-6-10-7-14-15-16(10)4/h7,9H,5-6,8H2,1-4H3,(H,13,18). The van der Waals surface area contributed by atoms with E-state index in [1.54, 1.807) is 10.9 Å². The summed E-state index contributed by atoms with van der Waals surface area (Å²) >= 11 is 0. The van der Waals surface area contributed by atoms with Gasteiger partial charge in [-0.3, -0.25) is 4.68 Å². The van der Waals surface area contributed by atoms with Crippen LogP contribution in [-0.2, 0) is 13.6 Å². The first-order chi connectivity index (χ1) is 8.40. The molecule has 1 saturated heterocycles. The van der Waals surface area contributed by atoms with Crippen molar-refractivity contribution < 1.29 is 4.79 Å². The second kappa shape index (κ2) is 4.59. The lowest BCUT2D eigenvalue weighted by molar-refractivity contribution is 0.164. The van der Waals surface area contributed by atoms with E-state index in [1.807, 2.05) is 11.9 Å². The van der Waals surface area contributed by atoms with Gasteiger partial charge in [-0.2, -0.15) is 0 Å². The number of carbonyl (C=O) groups is 1. The van der Waals surface area contributed by atoms with Gasteiger partial charge in [0.25, 0.3) is 0 Å². The van der Waals surface area contributed by atoms with Crippen LogP contribution in [0.25, 0.3) is 0 Å². The molecule has 1 aliphatic heterocycles. The summed E-state index contributed by atoms with van der Waals surface area (Å²) in [4.78, 5) is 14.1. The molecule has 1 aromatic heterocycles. The number of nitrogens with zero attached hydrogens (tertiary/aromatic N) is 4. The maximum atomic E-state index is 12.2. The molecule has 18 heavy (non-hydrogen) atoms. The first-order valence-corrected chi connectivity index (χ1v) is 6.29. The highest BCUT2D eigenvalue weighted by Gasteiger charge is 2.39. The molecular weight excluding hydrogens is 230 g/mol. The molecule has 2 rings (SSSR count). The van der Waals surface area contributed by atoms with Crippen LogP contribution in [0, 0.1) is 5.92 Å². The Kier molecular flexibility index (Phi) is 3.28. The Morgan fingerprint density at radius 2 is 2.33 bits per heavy atom. The highest BCUT2D eigenvalue weighted by atomic mass is 16.2. The molecule has 0 aromatic carbocycles. The quantitative estimate of drug-likeness (QED) is 0.857. The zero-order valence-electron chi connectivity index (χ0n) is 11.5. The van der Waals surface area contributed by atoms with Crippen LogP contribution in [-0.4, -0.2) is 38.0 Å². The van der Waals surface area contributed by atoms with Gasteiger partial charge in [0, 0.05) is 19.1 Å². The third kappa shape index (κ3) is 2.47. The van der Waals surface area contributed by atoms with Crippen molar-refractivity contribution in [3.8, 4) is 0 Å². The van der Waals surface area contributed by atoms with Gasteiger partial charge in [0.1, 0.15) is 0 Å². The minimum atomic E-state index is -0.0613. The summed E-state index contributed by atoms with van der Waals surface area (Å²) in [6.07, 6.45) is 2.71. The van der Waals surface area contributed by atoms with E-state index >= 15 is 0 Å². The number of amides is 2. The number of rotatable bonds is 2. The van der Waals surface area contributed by atoms with Crippen molar-refractivity contribution in [2.75, 3.05) is 6.54 Å². The Morgan fingerprint density at radius 1 is 1.61 bits per heavy atom. The molecule has 1 atom stereocenters. The van der Waals surface area contributed by atoms with Crippen molar-refractivity contribution in [2.24, 2.45) is 13.0 Å². The molecule has 2 heterocycles. The van der Waals surface area contributed by atoms with Gasteiger partial charge in [-0.1, -0.05) is 12.1 Å². The first-order valence-electron chi connectivity index (χ1n) is 6.29. The van der Waals surface area contributed by atoms with Crippen LogP contribution in [0.3, 0.4) is 0 Å². The lowest BCUT2D eigenvalue weighted by Gasteiger charge is -2.31. The molecule has 6 heteroatoms. The van der Waals surface area contributed by atoms with E-state index < -0.39 is 0 Å². The number of hydrogen-bond acceptors (Lipinski definition) is 3. The molecule has 1 N–H and O–H groups in total. The minimum absolute atomic E-state index is 0.00875. The molecule has 6 nitrogen and oxygen atoms in total. The maximum absolute atomic E-state index is 12.2. The van der Waals surface area contributed by atoms with E-state index in [9.17, 15) is 4.79 Å². The molecule has 2 amide bonds. The summed E-state index contributed by atoms with van der Waals surface area (Å²) in [5.41, 5.74) is 0.835. The lowest BCUT2D eigenvalue weighted by atomic mass is 9.98. The van der Waals surface area contributed by atoms with E-state index in [0.29, 0.717) is 12.5 Å². The van der Waals surface area contributed by atoms with Crippen LogP contribution >= 0.6 is 0 Å². The van der Waals surface area contributed by atoms with Crippen molar-refractivity contribution in [3.63, 3.8) is 0 Å². The van der Waals surface area contributed by atoms with E-state index in [-0.39, 0.29) is 11.6 Å². The highest BCUT2D eigenvalue weighted by Crippen LogP contribution is 2.32. The monoisotopic (exact) mass is 251 g/mol. The molecule has 1 unspecified atom stereocenters. The molecule has 0 aliphatic carbocycles. The Morgan fingerprint density at radius 3 is 2.83 bits per heavy atom. The lowest BCUT2D eigenvalue weighted by Crippen LogP contribution is -2.47. The van der Waals surface area contributed by atoms with Crippen LogP contribution in [0.1, 0.15) is 32.9 Å². The smallest absolute Gasteiger partial charge is 0.318 e. The Hall–Kier alpha value is -1.59. The number of hydrogen-bond donors (Lipinski definition) is 1. The van der Waals surface area contributed by atoms with Crippen LogP contribution in [0.2, 0.25) is 0 Å². The number of aromatic nitrogens is 3. The third-order valence-electron chi connectivity index (χ3n) is 3.55. The normalized spacial score (nSPS) is 22.2. The average Bonchev–Trinajstić information content (AvgIpc) is 2.78. The summed E-state index contributed by atoms with van der Waals surface area (Å²) in [5, 5.41) is 10.6. The summed E-state index contributed by atoms with van der Waals surface area (Å²) in [6, 6.07) is -0.00875. The Labute approximate surface area is 107 Å². The number of urea groups is 1. The molecule has 0 spiro atoms. The molecule has 0 bridgehead atoms. The van der Waals surface area contributed by atoms with Crippen molar-refractivity contribution in [1.82, 2.24) is 25.2 Å². The second-order valence-corrected chi connectivity index (χ2v) is 5.74. The Balaban J connectivity index is 1.95. The maximum Gasteiger partial charge on any atom is 0.318 e. The molecule has 100 valence electrons. The summed E-state index contributed by atoms with van der Waals surface area (Å²) < 4.78 is 1.66. The summed E-state index contributed by atoms with van der Waals surface area (Å²) in [7, 11) is 1.82. The van der Waals surface area contributed by atoms with E-state index in [2.05, 4.69) is 36.4 Å². The molecule has 0 radical (unpaired) electrons. The molecule has 1 aromatic rings. The summed E-state index contributed by atoms with van der Waals surface area (Å²) in [5.74, 6) is 0.559. The predicted octanol–water partition coefficient (Wildman–Crippen LogP) is 1.15. The Bertz CT molecular complexity index is 439. The van der Waals surface area contributed by atoms with Gasteiger partial charge in [0.15, 0.2) is 0 Å². The van der Waals surface area contributed by atoms with Gasteiger partial charge in [-0.05, 0) is 26.2 Å². The fourth-order valence-corrected chi connectivity index (χ4v) is 2.68. The van der Waals surface area contributed by atoms with Crippen LogP contribution in [0.5, 0.6) is 0 Å². The highest BCUT2D eigenvalue weighted by molar-refractivity contribution is 5.75. The number of aryl methyl sites for hydroxylation is 1. The van der Waals surface area contributed by atoms with Gasteiger partial charge in [0.2, 0.25) is 0 Å². The van der Waals surface area contributed by atoms with Gasteiger partial charge in [-0.25, -0.2) is 4.79 Å². The van der Waals surface area contributed by atoms with Crippen LogP contribution < -0.4 is 5.32 Å². The minimum Gasteiger partial charge on any atom is -0.332 e. The molecule has 0 saturated carbocycles. The van der Waals surface area contributed by atoms with Crippen LogP contribution in [0.15, 0.2) is 6.20 Å². The SMILES string of the molecule is CC1CN(C(=O)NCc2cnnn2C)C(C)(C)C1.